The molecule has 27 heavy (non-hydrogen) atoms. The molecule has 0 saturated heterocycles. The average molecular weight is 390 g/mol. The van der Waals surface area contributed by atoms with E-state index in [4.69, 9.17) is 5.14 Å². The highest BCUT2D eigenvalue weighted by Crippen LogP contribution is 2.21. The second-order valence-electron chi connectivity index (χ2n) is 7.06. The van der Waals surface area contributed by atoms with E-state index in [2.05, 4.69) is 20.6 Å². The van der Waals surface area contributed by atoms with Gasteiger partial charge < -0.3 is 10.6 Å². The summed E-state index contributed by atoms with van der Waals surface area (Å²) in [5.41, 5.74) is 1.94. The molecule has 0 bridgehead atoms. The van der Waals surface area contributed by atoms with Gasteiger partial charge in [-0.05, 0) is 43.9 Å². The molecule has 4 N–H and O–H groups in total. The van der Waals surface area contributed by atoms with E-state index >= 15 is 0 Å². The monoisotopic (exact) mass is 389 g/mol. The quantitative estimate of drug-likeness (QED) is 0.672. The van der Waals surface area contributed by atoms with Gasteiger partial charge in [-0.2, -0.15) is 4.98 Å². The highest BCUT2D eigenvalue weighted by Gasteiger charge is 2.14. The van der Waals surface area contributed by atoms with Crippen molar-refractivity contribution in [2.45, 2.75) is 56.4 Å². The maximum atomic E-state index is 11.3. The van der Waals surface area contributed by atoms with Crippen molar-refractivity contribution < 1.29 is 8.42 Å². The Morgan fingerprint density at radius 2 is 1.81 bits per heavy atom. The van der Waals surface area contributed by atoms with Crippen LogP contribution in [0.1, 0.15) is 43.4 Å². The number of nitrogens with zero attached hydrogens (tertiary/aromatic N) is 2. The van der Waals surface area contributed by atoms with E-state index in [1.54, 1.807) is 12.1 Å². The number of sulfonamides is 1. The summed E-state index contributed by atoms with van der Waals surface area (Å²) < 4.78 is 22.6. The number of benzene rings is 1. The van der Waals surface area contributed by atoms with Crippen molar-refractivity contribution in [2.24, 2.45) is 5.14 Å². The number of hydrogen-bond acceptors (Lipinski definition) is 6. The number of nitrogens with two attached hydrogens (primary N) is 1. The molecule has 0 atom stereocenters. The van der Waals surface area contributed by atoms with Crippen LogP contribution in [0, 0.1) is 6.92 Å². The van der Waals surface area contributed by atoms with Gasteiger partial charge in [0.2, 0.25) is 16.0 Å². The van der Waals surface area contributed by atoms with Gasteiger partial charge in [0, 0.05) is 24.3 Å². The van der Waals surface area contributed by atoms with E-state index in [1.807, 2.05) is 13.0 Å². The van der Waals surface area contributed by atoms with Crippen LogP contribution < -0.4 is 15.8 Å². The first kappa shape index (κ1) is 19.6. The molecule has 3 rings (SSSR count). The number of aromatic nitrogens is 2. The van der Waals surface area contributed by atoms with Gasteiger partial charge in [0.05, 0.1) is 4.90 Å². The Balaban J connectivity index is 1.56. The van der Waals surface area contributed by atoms with Gasteiger partial charge in [0.15, 0.2) is 0 Å². The third-order valence-corrected chi connectivity index (χ3v) is 5.69. The normalized spacial score (nSPS) is 15.5. The van der Waals surface area contributed by atoms with E-state index in [0.717, 1.165) is 23.5 Å². The van der Waals surface area contributed by atoms with Gasteiger partial charge in [0.25, 0.3) is 0 Å². The van der Waals surface area contributed by atoms with E-state index in [-0.39, 0.29) is 4.90 Å². The second-order valence-corrected chi connectivity index (χ2v) is 8.62. The minimum Gasteiger partial charge on any atom is -0.367 e. The molecule has 0 radical (unpaired) electrons. The summed E-state index contributed by atoms with van der Waals surface area (Å²) in [7, 11) is -3.65. The molecule has 0 unspecified atom stereocenters. The van der Waals surface area contributed by atoms with Crippen molar-refractivity contribution in [3.63, 3.8) is 0 Å². The minimum absolute atomic E-state index is 0.125. The van der Waals surface area contributed by atoms with Gasteiger partial charge in [-0.25, -0.2) is 18.5 Å². The largest absolute Gasteiger partial charge is 0.367 e. The molecular weight excluding hydrogens is 362 g/mol. The molecule has 0 amide bonds. The molecule has 1 aromatic heterocycles. The lowest BCUT2D eigenvalue weighted by Gasteiger charge is -2.23. The lowest BCUT2D eigenvalue weighted by molar-refractivity contribution is 0.462. The highest BCUT2D eigenvalue weighted by molar-refractivity contribution is 7.89. The van der Waals surface area contributed by atoms with Gasteiger partial charge in [-0.1, -0.05) is 31.4 Å². The lowest BCUT2D eigenvalue weighted by atomic mass is 9.95. The Morgan fingerprint density at radius 1 is 1.11 bits per heavy atom. The summed E-state index contributed by atoms with van der Waals surface area (Å²) in [6.45, 7) is 2.62. The number of nitrogens with one attached hydrogen (secondary N) is 2. The summed E-state index contributed by atoms with van der Waals surface area (Å²) >= 11 is 0. The summed E-state index contributed by atoms with van der Waals surface area (Å²) in [6.07, 6.45) is 6.99. The zero-order valence-electron chi connectivity index (χ0n) is 15.6. The van der Waals surface area contributed by atoms with Crippen LogP contribution in [0.15, 0.2) is 35.2 Å². The highest BCUT2D eigenvalue weighted by atomic mass is 32.2. The predicted octanol–water partition coefficient (Wildman–Crippen LogP) is 2.83. The first-order valence-electron chi connectivity index (χ1n) is 9.38. The molecule has 1 aliphatic carbocycles. The van der Waals surface area contributed by atoms with E-state index in [0.29, 0.717) is 18.5 Å². The van der Waals surface area contributed by atoms with Crippen molar-refractivity contribution in [1.29, 1.82) is 0 Å². The Hall–Kier alpha value is -2.19. The van der Waals surface area contributed by atoms with Gasteiger partial charge >= 0.3 is 0 Å². The van der Waals surface area contributed by atoms with Crippen molar-refractivity contribution >= 4 is 21.8 Å². The standard InChI is InChI=1S/C19H27N5O2S/c1-14-13-18(23-16-5-3-2-4-6-16)24-19(22-14)21-12-11-15-7-9-17(10-8-15)27(20,25)26/h7-10,13,16H,2-6,11-12H2,1H3,(H2,20,25,26)(H2,21,22,23,24). The molecule has 0 aliphatic heterocycles. The predicted molar refractivity (Wildman–Crippen MR) is 107 cm³/mol. The molecule has 2 aromatic rings. The third-order valence-electron chi connectivity index (χ3n) is 4.76. The molecule has 146 valence electrons. The van der Waals surface area contributed by atoms with Crippen molar-refractivity contribution in [1.82, 2.24) is 9.97 Å². The van der Waals surface area contributed by atoms with Crippen molar-refractivity contribution in [2.75, 3.05) is 17.2 Å². The van der Waals surface area contributed by atoms with E-state index in [9.17, 15) is 8.42 Å². The summed E-state index contributed by atoms with van der Waals surface area (Å²) in [5, 5.41) is 11.9. The first-order chi connectivity index (χ1) is 12.9. The van der Waals surface area contributed by atoms with Gasteiger partial charge in [0.1, 0.15) is 5.82 Å². The fraction of sp³-hybridized carbons (Fsp3) is 0.474. The number of hydrogen-bond donors (Lipinski definition) is 3. The Kier molecular flexibility index (Phi) is 6.28. The van der Waals surface area contributed by atoms with Crippen molar-refractivity contribution in [3.05, 3.63) is 41.6 Å². The molecule has 8 heteroatoms. The smallest absolute Gasteiger partial charge is 0.238 e. The number of anilines is 2. The van der Waals surface area contributed by atoms with Crippen LogP contribution in [0.5, 0.6) is 0 Å². The Bertz CT molecular complexity index is 862. The van der Waals surface area contributed by atoms with E-state index < -0.39 is 10.0 Å². The third kappa shape index (κ3) is 5.90. The number of rotatable bonds is 7. The van der Waals surface area contributed by atoms with Gasteiger partial charge in [-0.15, -0.1) is 0 Å². The molecule has 1 aliphatic rings. The van der Waals surface area contributed by atoms with Crippen LogP contribution in [-0.2, 0) is 16.4 Å². The number of aryl methyl sites for hydroxylation is 1. The average Bonchev–Trinajstić information content (AvgIpc) is 2.62. The maximum Gasteiger partial charge on any atom is 0.238 e. The fourth-order valence-corrected chi connectivity index (χ4v) is 3.86. The zero-order chi connectivity index (χ0) is 19.3. The molecule has 0 spiro atoms. The summed E-state index contributed by atoms with van der Waals surface area (Å²) in [6, 6.07) is 9.08. The lowest BCUT2D eigenvalue weighted by Crippen LogP contribution is -2.23. The van der Waals surface area contributed by atoms with Crippen LogP contribution in [-0.4, -0.2) is 31.0 Å². The van der Waals surface area contributed by atoms with Crippen LogP contribution in [0.3, 0.4) is 0 Å². The maximum absolute atomic E-state index is 11.3. The topological polar surface area (TPSA) is 110 Å². The van der Waals surface area contributed by atoms with Crippen LogP contribution in [0.25, 0.3) is 0 Å². The Morgan fingerprint density at radius 3 is 2.48 bits per heavy atom. The van der Waals surface area contributed by atoms with Crippen LogP contribution in [0.4, 0.5) is 11.8 Å². The number of primary sulfonamides is 1. The molecule has 7 nitrogen and oxygen atoms in total. The van der Waals surface area contributed by atoms with Crippen LogP contribution in [0.2, 0.25) is 0 Å². The summed E-state index contributed by atoms with van der Waals surface area (Å²) in [5.74, 6) is 1.48. The first-order valence-corrected chi connectivity index (χ1v) is 10.9. The molecule has 1 saturated carbocycles. The summed E-state index contributed by atoms with van der Waals surface area (Å²) in [4.78, 5) is 9.15. The Labute approximate surface area is 160 Å². The fourth-order valence-electron chi connectivity index (χ4n) is 3.34. The van der Waals surface area contributed by atoms with E-state index in [1.165, 1.54) is 44.2 Å². The molecule has 1 aromatic carbocycles. The zero-order valence-corrected chi connectivity index (χ0v) is 16.4. The van der Waals surface area contributed by atoms with Crippen molar-refractivity contribution in [3.8, 4) is 0 Å². The second kappa shape index (κ2) is 8.67. The minimum atomic E-state index is -3.65. The SMILES string of the molecule is Cc1cc(NC2CCCCC2)nc(NCCc2ccc(S(N)(=O)=O)cc2)n1. The van der Waals surface area contributed by atoms with Crippen LogP contribution >= 0.6 is 0 Å². The van der Waals surface area contributed by atoms with Gasteiger partial charge in [-0.3, -0.25) is 0 Å². The molecule has 1 fully saturated rings. The molecule has 1 heterocycles. The molecular formula is C19H27N5O2S.